The Hall–Kier alpha value is -1.60. The second-order valence-corrected chi connectivity index (χ2v) is 3.51. The molecule has 0 heterocycles. The molecule has 2 rings (SSSR count). The Kier molecular flexibility index (Phi) is 4.27. The number of aryl methyl sites for hydroxylation is 1. The molecule has 2 heteroatoms. The first-order valence-corrected chi connectivity index (χ1v) is 4.94. The molecule has 0 aliphatic heterocycles. The van der Waals surface area contributed by atoms with E-state index in [1.165, 1.54) is 0 Å². The van der Waals surface area contributed by atoms with Crippen LogP contribution in [-0.2, 0) is 0 Å². The van der Waals surface area contributed by atoms with Crippen LogP contribution in [0.5, 0.6) is 0 Å². The van der Waals surface area contributed by atoms with Crippen LogP contribution >= 0.6 is 12.4 Å². The van der Waals surface area contributed by atoms with E-state index in [1.807, 2.05) is 61.5 Å². The van der Waals surface area contributed by atoms with Crippen LogP contribution in [0.25, 0.3) is 0 Å². The molecule has 0 fully saturated rings. The number of carbonyl (C=O) groups excluding carboxylic acids is 1. The van der Waals surface area contributed by atoms with Crippen molar-refractivity contribution in [3.63, 3.8) is 0 Å². The average molecular weight is 233 g/mol. The second kappa shape index (κ2) is 5.47. The molecule has 0 N–H and O–H groups in total. The van der Waals surface area contributed by atoms with Crippen molar-refractivity contribution in [1.29, 1.82) is 0 Å². The molecule has 0 unspecified atom stereocenters. The monoisotopic (exact) mass is 232 g/mol. The molecular weight excluding hydrogens is 220 g/mol. The molecule has 2 aromatic rings. The van der Waals surface area contributed by atoms with Gasteiger partial charge in [0, 0.05) is 11.1 Å². The number of hydrogen-bond donors (Lipinski definition) is 0. The molecule has 2 aromatic carbocycles. The van der Waals surface area contributed by atoms with Crippen LogP contribution in [0.1, 0.15) is 21.5 Å². The third-order valence-electron chi connectivity index (χ3n) is 2.43. The van der Waals surface area contributed by atoms with Gasteiger partial charge >= 0.3 is 0 Å². The van der Waals surface area contributed by atoms with Crippen molar-refractivity contribution in [2.45, 2.75) is 6.92 Å². The predicted molar refractivity (Wildman–Crippen MR) is 68.3 cm³/mol. The first-order chi connectivity index (χ1) is 7.29. The number of hydrogen-bond acceptors (Lipinski definition) is 1. The summed E-state index contributed by atoms with van der Waals surface area (Å²) in [5.41, 5.74) is 2.54. The van der Waals surface area contributed by atoms with Crippen molar-refractivity contribution in [1.82, 2.24) is 0 Å². The van der Waals surface area contributed by atoms with Crippen LogP contribution in [-0.4, -0.2) is 5.78 Å². The van der Waals surface area contributed by atoms with E-state index >= 15 is 0 Å². The van der Waals surface area contributed by atoms with Gasteiger partial charge in [0.1, 0.15) is 0 Å². The number of ketones is 1. The van der Waals surface area contributed by atoms with Crippen LogP contribution in [0.4, 0.5) is 0 Å². The fourth-order valence-electron chi connectivity index (χ4n) is 1.57. The lowest BCUT2D eigenvalue weighted by molar-refractivity contribution is 0.103. The summed E-state index contributed by atoms with van der Waals surface area (Å²) in [4.78, 5) is 12.1. The minimum atomic E-state index is 0. The van der Waals surface area contributed by atoms with E-state index in [0.717, 1.165) is 16.7 Å². The van der Waals surface area contributed by atoms with Crippen molar-refractivity contribution in [2.75, 3.05) is 0 Å². The first kappa shape index (κ1) is 12.5. The molecular formula is C14H13ClO. The molecule has 0 spiro atoms. The first-order valence-electron chi connectivity index (χ1n) is 4.94. The van der Waals surface area contributed by atoms with E-state index in [2.05, 4.69) is 0 Å². The summed E-state index contributed by atoms with van der Waals surface area (Å²) in [6, 6.07) is 17.0. The topological polar surface area (TPSA) is 17.1 Å². The van der Waals surface area contributed by atoms with Gasteiger partial charge in [-0.1, -0.05) is 54.6 Å². The molecule has 0 aliphatic rings. The maximum Gasteiger partial charge on any atom is 0.193 e. The van der Waals surface area contributed by atoms with Gasteiger partial charge < -0.3 is 0 Å². The van der Waals surface area contributed by atoms with Gasteiger partial charge in [0.15, 0.2) is 5.78 Å². The number of benzene rings is 2. The number of carbonyl (C=O) groups is 1. The minimum Gasteiger partial charge on any atom is -0.289 e. The minimum absolute atomic E-state index is 0. The van der Waals surface area contributed by atoms with Gasteiger partial charge in [-0.25, -0.2) is 0 Å². The molecule has 0 bridgehead atoms. The van der Waals surface area contributed by atoms with Crippen LogP contribution < -0.4 is 0 Å². The lowest BCUT2D eigenvalue weighted by Crippen LogP contribution is -2.02. The standard InChI is InChI=1S/C14H12O.ClH/c1-11-7-5-6-10-13(11)14(15)12-8-3-2-4-9-12;/h2-10H,1H3;1H. The normalized spacial score (nSPS) is 9.31. The van der Waals surface area contributed by atoms with Crippen LogP contribution in [0.2, 0.25) is 0 Å². The van der Waals surface area contributed by atoms with Gasteiger partial charge in [-0.3, -0.25) is 4.79 Å². The highest BCUT2D eigenvalue weighted by molar-refractivity contribution is 6.09. The zero-order chi connectivity index (χ0) is 10.7. The lowest BCUT2D eigenvalue weighted by Gasteiger charge is -2.03. The van der Waals surface area contributed by atoms with E-state index in [0.29, 0.717) is 0 Å². The SMILES string of the molecule is Cc1ccccc1C(=O)c1ccccc1.Cl. The van der Waals surface area contributed by atoms with Gasteiger partial charge in [0.05, 0.1) is 0 Å². The Bertz CT molecular complexity index is 477. The Labute approximate surface area is 102 Å². The molecule has 0 aromatic heterocycles. The highest BCUT2D eigenvalue weighted by Crippen LogP contribution is 2.13. The number of rotatable bonds is 2. The summed E-state index contributed by atoms with van der Waals surface area (Å²) < 4.78 is 0. The van der Waals surface area contributed by atoms with E-state index in [-0.39, 0.29) is 18.2 Å². The average Bonchev–Trinajstić information content (AvgIpc) is 2.30. The molecule has 0 amide bonds. The predicted octanol–water partition coefficient (Wildman–Crippen LogP) is 3.65. The van der Waals surface area contributed by atoms with Crippen molar-refractivity contribution in [3.8, 4) is 0 Å². The highest BCUT2D eigenvalue weighted by Gasteiger charge is 2.09. The van der Waals surface area contributed by atoms with E-state index in [4.69, 9.17) is 0 Å². The van der Waals surface area contributed by atoms with Crippen LogP contribution in [0, 0.1) is 6.92 Å². The maximum absolute atomic E-state index is 12.1. The van der Waals surface area contributed by atoms with Crippen molar-refractivity contribution < 1.29 is 4.79 Å². The molecule has 16 heavy (non-hydrogen) atoms. The molecule has 0 saturated carbocycles. The van der Waals surface area contributed by atoms with Gasteiger partial charge in [-0.05, 0) is 12.5 Å². The molecule has 0 atom stereocenters. The fraction of sp³-hybridized carbons (Fsp3) is 0.0714. The summed E-state index contributed by atoms with van der Waals surface area (Å²) in [6.07, 6.45) is 0. The van der Waals surface area contributed by atoms with Gasteiger partial charge in [0.2, 0.25) is 0 Å². The molecule has 0 saturated heterocycles. The summed E-state index contributed by atoms with van der Waals surface area (Å²) in [5, 5.41) is 0. The van der Waals surface area contributed by atoms with Crippen LogP contribution in [0.3, 0.4) is 0 Å². The number of halogens is 1. The summed E-state index contributed by atoms with van der Waals surface area (Å²) in [5.74, 6) is 0.0914. The zero-order valence-corrected chi connectivity index (χ0v) is 9.83. The Morgan fingerprint density at radius 1 is 0.875 bits per heavy atom. The Morgan fingerprint density at radius 3 is 2.06 bits per heavy atom. The Balaban J connectivity index is 0.00000128. The quantitative estimate of drug-likeness (QED) is 0.723. The van der Waals surface area contributed by atoms with Crippen molar-refractivity contribution >= 4 is 18.2 Å². The van der Waals surface area contributed by atoms with Crippen molar-refractivity contribution in [2.24, 2.45) is 0 Å². The second-order valence-electron chi connectivity index (χ2n) is 3.51. The van der Waals surface area contributed by atoms with Crippen molar-refractivity contribution in [3.05, 3.63) is 71.3 Å². The summed E-state index contributed by atoms with van der Waals surface area (Å²) in [6.45, 7) is 1.95. The van der Waals surface area contributed by atoms with Gasteiger partial charge in [-0.15, -0.1) is 12.4 Å². The van der Waals surface area contributed by atoms with Gasteiger partial charge in [-0.2, -0.15) is 0 Å². The van der Waals surface area contributed by atoms with E-state index < -0.39 is 0 Å². The molecule has 1 nitrogen and oxygen atoms in total. The molecule has 82 valence electrons. The van der Waals surface area contributed by atoms with Crippen LogP contribution in [0.15, 0.2) is 54.6 Å². The maximum atomic E-state index is 12.1. The summed E-state index contributed by atoms with van der Waals surface area (Å²) in [7, 11) is 0. The highest BCUT2D eigenvalue weighted by atomic mass is 35.5. The van der Waals surface area contributed by atoms with Gasteiger partial charge in [0.25, 0.3) is 0 Å². The zero-order valence-electron chi connectivity index (χ0n) is 9.01. The summed E-state index contributed by atoms with van der Waals surface area (Å²) >= 11 is 0. The Morgan fingerprint density at radius 2 is 1.44 bits per heavy atom. The fourth-order valence-corrected chi connectivity index (χ4v) is 1.57. The molecule has 0 radical (unpaired) electrons. The van der Waals surface area contributed by atoms with E-state index in [9.17, 15) is 4.79 Å². The largest absolute Gasteiger partial charge is 0.289 e. The lowest BCUT2D eigenvalue weighted by atomic mass is 9.99. The third kappa shape index (κ3) is 2.50. The molecule has 0 aliphatic carbocycles. The smallest absolute Gasteiger partial charge is 0.193 e. The third-order valence-corrected chi connectivity index (χ3v) is 2.43. The van der Waals surface area contributed by atoms with E-state index in [1.54, 1.807) is 0 Å².